The van der Waals surface area contributed by atoms with Gasteiger partial charge in [-0.1, -0.05) is 15.9 Å². The predicted molar refractivity (Wildman–Crippen MR) is 79.6 cm³/mol. The quantitative estimate of drug-likeness (QED) is 0.823. The van der Waals surface area contributed by atoms with Crippen LogP contribution in [0.4, 0.5) is 0 Å². The smallest absolute Gasteiger partial charge is 0.243 e. The largest absolute Gasteiger partial charge is 0.298 e. The van der Waals surface area contributed by atoms with Crippen molar-refractivity contribution in [3.8, 4) is 0 Å². The van der Waals surface area contributed by atoms with E-state index in [4.69, 9.17) is 0 Å². The second-order valence-electron chi connectivity index (χ2n) is 5.14. The Hall–Kier alpha value is -0.430. The van der Waals surface area contributed by atoms with Gasteiger partial charge in [-0.15, -0.1) is 0 Å². The summed E-state index contributed by atoms with van der Waals surface area (Å²) in [5.74, 6) is 0. The molecule has 0 aromatic heterocycles. The molecule has 2 unspecified atom stereocenters. The third kappa shape index (κ3) is 3.02. The van der Waals surface area contributed by atoms with Gasteiger partial charge in [-0.05, 0) is 45.2 Å². The summed E-state index contributed by atoms with van der Waals surface area (Å²) in [5, 5.41) is 0. The van der Waals surface area contributed by atoms with Crippen LogP contribution in [0.2, 0.25) is 0 Å². The van der Waals surface area contributed by atoms with E-state index in [-0.39, 0.29) is 12.1 Å². The lowest BCUT2D eigenvalue weighted by molar-refractivity contribution is 0.105. The third-order valence-electron chi connectivity index (χ3n) is 3.78. The van der Waals surface area contributed by atoms with Crippen LogP contribution in [0.25, 0.3) is 0 Å². The van der Waals surface area contributed by atoms with Gasteiger partial charge in [0.1, 0.15) is 0 Å². The standard InChI is InChI=1S/C13H19BrN2O2S/c1-10-8-16(9-11(2)15(10)3)19(17,18)13-6-4-12(14)5-7-13/h4-7,10-11H,8-9H2,1-3H3. The van der Waals surface area contributed by atoms with Crippen molar-refractivity contribution in [1.82, 2.24) is 9.21 Å². The zero-order valence-corrected chi connectivity index (χ0v) is 13.8. The molecule has 6 heteroatoms. The molecule has 1 aliphatic rings. The van der Waals surface area contributed by atoms with Gasteiger partial charge in [-0.25, -0.2) is 8.42 Å². The summed E-state index contributed by atoms with van der Waals surface area (Å²) < 4.78 is 27.6. The van der Waals surface area contributed by atoms with Crippen molar-refractivity contribution in [2.24, 2.45) is 0 Å². The molecule has 4 nitrogen and oxygen atoms in total. The van der Waals surface area contributed by atoms with Gasteiger partial charge in [0.05, 0.1) is 4.90 Å². The molecule has 1 aromatic rings. The van der Waals surface area contributed by atoms with Gasteiger partial charge in [-0.3, -0.25) is 4.90 Å². The lowest BCUT2D eigenvalue weighted by Crippen LogP contribution is -2.56. The summed E-state index contributed by atoms with van der Waals surface area (Å²) in [6.45, 7) is 5.19. The summed E-state index contributed by atoms with van der Waals surface area (Å²) in [5.41, 5.74) is 0. The minimum Gasteiger partial charge on any atom is -0.298 e. The third-order valence-corrected chi connectivity index (χ3v) is 6.15. The fraction of sp³-hybridized carbons (Fsp3) is 0.538. The Morgan fingerprint density at radius 2 is 1.58 bits per heavy atom. The number of likely N-dealkylation sites (N-methyl/N-ethyl adjacent to an activating group) is 1. The first-order chi connectivity index (χ1) is 8.82. The molecule has 2 atom stereocenters. The number of halogens is 1. The SMILES string of the molecule is CC1CN(S(=O)(=O)c2ccc(Br)cc2)CC(C)N1C. The van der Waals surface area contributed by atoms with Crippen molar-refractivity contribution in [3.05, 3.63) is 28.7 Å². The number of piperazine rings is 1. The Labute approximate surface area is 123 Å². The van der Waals surface area contributed by atoms with E-state index < -0.39 is 10.0 Å². The molecule has 0 radical (unpaired) electrons. The van der Waals surface area contributed by atoms with E-state index in [1.807, 2.05) is 7.05 Å². The Bertz CT molecular complexity index is 532. The number of nitrogens with zero attached hydrogens (tertiary/aromatic N) is 2. The van der Waals surface area contributed by atoms with E-state index in [0.717, 1.165) is 4.47 Å². The number of rotatable bonds is 2. The van der Waals surface area contributed by atoms with Gasteiger partial charge in [0.25, 0.3) is 0 Å². The van der Waals surface area contributed by atoms with Crippen LogP contribution in [0.15, 0.2) is 33.6 Å². The normalized spacial score (nSPS) is 26.5. The molecule has 0 N–H and O–H groups in total. The highest BCUT2D eigenvalue weighted by Gasteiger charge is 2.34. The lowest BCUT2D eigenvalue weighted by atomic mass is 10.1. The molecule has 1 heterocycles. The van der Waals surface area contributed by atoms with Crippen molar-refractivity contribution < 1.29 is 8.42 Å². The minimum atomic E-state index is -3.38. The molecule has 0 spiro atoms. The fourth-order valence-corrected chi connectivity index (χ4v) is 4.17. The molecular formula is C13H19BrN2O2S. The molecule has 1 aromatic carbocycles. The fourth-order valence-electron chi connectivity index (χ4n) is 2.31. The van der Waals surface area contributed by atoms with Crippen LogP contribution in [0.3, 0.4) is 0 Å². The Morgan fingerprint density at radius 1 is 1.11 bits per heavy atom. The van der Waals surface area contributed by atoms with Crippen molar-refractivity contribution in [2.45, 2.75) is 30.8 Å². The Kier molecular flexibility index (Phi) is 4.35. The number of benzene rings is 1. The van der Waals surface area contributed by atoms with Crippen LogP contribution in [0.5, 0.6) is 0 Å². The monoisotopic (exact) mass is 346 g/mol. The zero-order chi connectivity index (χ0) is 14.2. The maximum Gasteiger partial charge on any atom is 0.243 e. The van der Waals surface area contributed by atoms with Crippen LogP contribution in [0, 0.1) is 0 Å². The molecular weight excluding hydrogens is 328 g/mol. The molecule has 1 saturated heterocycles. The molecule has 0 saturated carbocycles. The van der Waals surface area contributed by atoms with E-state index in [2.05, 4.69) is 34.7 Å². The second-order valence-corrected chi connectivity index (χ2v) is 7.99. The van der Waals surface area contributed by atoms with Crippen LogP contribution in [-0.4, -0.2) is 49.8 Å². The van der Waals surface area contributed by atoms with Gasteiger partial charge >= 0.3 is 0 Å². The molecule has 1 aliphatic heterocycles. The first kappa shape index (κ1) is 15.0. The van der Waals surface area contributed by atoms with E-state index in [1.54, 1.807) is 28.6 Å². The molecule has 1 fully saturated rings. The molecule has 0 bridgehead atoms. The highest BCUT2D eigenvalue weighted by Crippen LogP contribution is 2.23. The van der Waals surface area contributed by atoms with Gasteiger partial charge in [0.15, 0.2) is 0 Å². The molecule has 2 rings (SSSR count). The minimum absolute atomic E-state index is 0.231. The van der Waals surface area contributed by atoms with E-state index in [0.29, 0.717) is 18.0 Å². The maximum atomic E-state index is 12.6. The molecule has 106 valence electrons. The van der Waals surface area contributed by atoms with Crippen LogP contribution >= 0.6 is 15.9 Å². The first-order valence-corrected chi connectivity index (χ1v) is 8.53. The first-order valence-electron chi connectivity index (χ1n) is 6.30. The number of hydrogen-bond donors (Lipinski definition) is 0. The van der Waals surface area contributed by atoms with Crippen molar-refractivity contribution in [1.29, 1.82) is 0 Å². The van der Waals surface area contributed by atoms with Crippen LogP contribution in [-0.2, 0) is 10.0 Å². The summed E-state index contributed by atoms with van der Waals surface area (Å²) in [6, 6.07) is 7.27. The summed E-state index contributed by atoms with van der Waals surface area (Å²) in [6.07, 6.45) is 0. The van der Waals surface area contributed by atoms with Gasteiger partial charge in [0, 0.05) is 29.6 Å². The topological polar surface area (TPSA) is 40.6 Å². The highest BCUT2D eigenvalue weighted by atomic mass is 79.9. The maximum absolute atomic E-state index is 12.6. The average molecular weight is 347 g/mol. The van der Waals surface area contributed by atoms with Gasteiger partial charge in [0.2, 0.25) is 10.0 Å². The van der Waals surface area contributed by atoms with Crippen molar-refractivity contribution in [3.63, 3.8) is 0 Å². The Morgan fingerprint density at radius 3 is 2.05 bits per heavy atom. The molecule has 0 amide bonds. The Balaban J connectivity index is 2.27. The number of sulfonamides is 1. The molecule has 19 heavy (non-hydrogen) atoms. The highest BCUT2D eigenvalue weighted by molar-refractivity contribution is 9.10. The zero-order valence-electron chi connectivity index (χ0n) is 11.4. The summed E-state index contributed by atoms with van der Waals surface area (Å²) >= 11 is 3.32. The van der Waals surface area contributed by atoms with Gasteiger partial charge in [-0.2, -0.15) is 4.31 Å². The number of hydrogen-bond acceptors (Lipinski definition) is 3. The van der Waals surface area contributed by atoms with Crippen molar-refractivity contribution in [2.75, 3.05) is 20.1 Å². The summed E-state index contributed by atoms with van der Waals surface area (Å²) in [7, 11) is -1.34. The van der Waals surface area contributed by atoms with E-state index >= 15 is 0 Å². The average Bonchev–Trinajstić information content (AvgIpc) is 2.35. The second kappa shape index (κ2) is 5.52. The van der Waals surface area contributed by atoms with E-state index in [1.165, 1.54) is 0 Å². The van der Waals surface area contributed by atoms with Crippen LogP contribution in [0.1, 0.15) is 13.8 Å². The van der Waals surface area contributed by atoms with Crippen molar-refractivity contribution >= 4 is 26.0 Å². The van der Waals surface area contributed by atoms with E-state index in [9.17, 15) is 8.42 Å². The van der Waals surface area contributed by atoms with Gasteiger partial charge < -0.3 is 0 Å². The lowest BCUT2D eigenvalue weighted by Gasteiger charge is -2.41. The molecule has 0 aliphatic carbocycles. The summed E-state index contributed by atoms with van der Waals surface area (Å²) in [4.78, 5) is 2.58. The van der Waals surface area contributed by atoms with Crippen LogP contribution < -0.4 is 0 Å². The predicted octanol–water partition coefficient (Wildman–Crippen LogP) is 2.16.